The fourth-order valence-electron chi connectivity index (χ4n) is 2.99. The summed E-state index contributed by atoms with van der Waals surface area (Å²) in [5.41, 5.74) is 0.766. The number of hydrogen-bond acceptors (Lipinski definition) is 2. The van der Waals surface area contributed by atoms with Crippen LogP contribution in [0, 0.1) is 5.41 Å². The van der Waals surface area contributed by atoms with Gasteiger partial charge in [0.25, 0.3) is 5.91 Å². The first kappa shape index (κ1) is 16.0. The van der Waals surface area contributed by atoms with E-state index in [0.29, 0.717) is 6.42 Å². The number of carbonyl (C=O) groups excluding carboxylic acids is 2. The molecule has 2 rings (SSSR count). The van der Waals surface area contributed by atoms with E-state index in [0.717, 1.165) is 38.6 Å². The van der Waals surface area contributed by atoms with Crippen molar-refractivity contribution in [2.75, 3.05) is 6.54 Å². The minimum Gasteiger partial charge on any atom is -0.333 e. The second-order valence-electron chi connectivity index (χ2n) is 6.82. The van der Waals surface area contributed by atoms with Crippen molar-refractivity contribution in [1.82, 2.24) is 4.90 Å². The lowest BCUT2D eigenvalue weighted by Crippen LogP contribution is -2.45. The first-order valence-electron chi connectivity index (χ1n) is 8.16. The van der Waals surface area contributed by atoms with Crippen LogP contribution in [0.4, 0.5) is 0 Å². The molecule has 0 aromatic heterocycles. The smallest absolute Gasteiger partial charge is 0.290 e. The minimum absolute atomic E-state index is 0.197. The lowest BCUT2D eigenvalue weighted by atomic mass is 9.84. The Labute approximate surface area is 128 Å². The monoisotopic (exact) mass is 289 g/mol. The summed E-state index contributed by atoms with van der Waals surface area (Å²) >= 11 is 0. The molecule has 1 fully saturated rings. The molecular weight excluding hydrogens is 262 g/mol. The summed E-state index contributed by atoms with van der Waals surface area (Å²) in [4.78, 5) is 26.8. The number of carbonyl (C=O) groups is 2. The molecule has 2 aliphatic rings. The molecule has 0 unspecified atom stereocenters. The van der Waals surface area contributed by atoms with Gasteiger partial charge in [-0.15, -0.1) is 0 Å². The number of hydrogen-bond donors (Lipinski definition) is 0. The topological polar surface area (TPSA) is 37.4 Å². The molecule has 0 N–H and O–H groups in total. The fraction of sp³-hybridized carbons (Fsp3) is 0.667. The van der Waals surface area contributed by atoms with Crippen molar-refractivity contribution in [2.24, 2.45) is 5.41 Å². The van der Waals surface area contributed by atoms with Crippen molar-refractivity contribution in [3.8, 4) is 0 Å². The molecule has 21 heavy (non-hydrogen) atoms. The van der Waals surface area contributed by atoms with Crippen LogP contribution in [-0.2, 0) is 9.59 Å². The van der Waals surface area contributed by atoms with Gasteiger partial charge in [-0.3, -0.25) is 9.59 Å². The third kappa shape index (κ3) is 3.63. The molecule has 1 aliphatic heterocycles. The molecule has 3 nitrogen and oxygen atoms in total. The van der Waals surface area contributed by atoms with Gasteiger partial charge in [-0.1, -0.05) is 44.6 Å². The maximum atomic E-state index is 12.5. The SMILES string of the molecule is CCC(C)(C)C(=O)C(=O)N1CCC[C@@H]1CC1=CCCC=C1. The lowest BCUT2D eigenvalue weighted by Gasteiger charge is -2.28. The molecule has 0 aromatic carbocycles. The van der Waals surface area contributed by atoms with Gasteiger partial charge in [0.05, 0.1) is 0 Å². The molecule has 0 saturated carbocycles. The van der Waals surface area contributed by atoms with E-state index in [1.54, 1.807) is 0 Å². The molecule has 0 aromatic rings. The van der Waals surface area contributed by atoms with Crippen LogP contribution in [0.15, 0.2) is 23.8 Å². The van der Waals surface area contributed by atoms with Gasteiger partial charge < -0.3 is 4.90 Å². The highest BCUT2D eigenvalue weighted by Gasteiger charge is 2.38. The van der Waals surface area contributed by atoms with Crippen LogP contribution >= 0.6 is 0 Å². The van der Waals surface area contributed by atoms with E-state index in [1.807, 2.05) is 25.7 Å². The molecule has 116 valence electrons. The first-order valence-corrected chi connectivity index (χ1v) is 8.16. The standard InChI is InChI=1S/C18H27NO2/c1-4-18(2,3)16(20)17(21)19-12-8-11-15(19)13-14-9-6-5-7-10-14/h6,9-10,15H,4-5,7-8,11-13H2,1-3H3/t15-/m1/s1. The number of Topliss-reactive ketones (excluding diaryl/α,β-unsaturated/α-hetero) is 1. The molecule has 1 atom stereocenters. The van der Waals surface area contributed by atoms with E-state index in [-0.39, 0.29) is 17.7 Å². The Bertz CT molecular complexity index is 474. The summed E-state index contributed by atoms with van der Waals surface area (Å²) in [6.45, 7) is 6.42. The summed E-state index contributed by atoms with van der Waals surface area (Å²) in [5, 5.41) is 0. The molecule has 1 amide bonds. The third-order valence-electron chi connectivity index (χ3n) is 4.87. The van der Waals surface area contributed by atoms with Gasteiger partial charge in [-0.25, -0.2) is 0 Å². The Hall–Kier alpha value is -1.38. The number of rotatable bonds is 5. The van der Waals surface area contributed by atoms with E-state index >= 15 is 0 Å². The summed E-state index contributed by atoms with van der Waals surface area (Å²) in [7, 11) is 0. The van der Waals surface area contributed by atoms with Crippen molar-refractivity contribution in [3.63, 3.8) is 0 Å². The maximum Gasteiger partial charge on any atom is 0.290 e. The average molecular weight is 289 g/mol. The van der Waals surface area contributed by atoms with E-state index in [4.69, 9.17) is 0 Å². The number of likely N-dealkylation sites (tertiary alicyclic amines) is 1. The Balaban J connectivity index is 2.04. The Morgan fingerprint density at radius 3 is 2.71 bits per heavy atom. The highest BCUT2D eigenvalue weighted by Crippen LogP contribution is 2.29. The quantitative estimate of drug-likeness (QED) is 0.724. The number of allylic oxidation sites excluding steroid dienone is 3. The summed E-state index contributed by atoms with van der Waals surface area (Å²) in [6.07, 6.45) is 12.4. The maximum absolute atomic E-state index is 12.5. The molecule has 1 saturated heterocycles. The summed E-state index contributed by atoms with van der Waals surface area (Å²) < 4.78 is 0. The van der Waals surface area contributed by atoms with Gasteiger partial charge in [0.15, 0.2) is 0 Å². The van der Waals surface area contributed by atoms with Crippen molar-refractivity contribution >= 4 is 11.7 Å². The molecule has 0 bridgehead atoms. The first-order chi connectivity index (χ1) is 9.95. The predicted octanol–water partition coefficient (Wildman–Crippen LogP) is 3.65. The highest BCUT2D eigenvalue weighted by molar-refractivity contribution is 6.38. The van der Waals surface area contributed by atoms with Gasteiger partial charge in [0.2, 0.25) is 5.78 Å². The minimum atomic E-state index is -0.547. The van der Waals surface area contributed by atoms with Crippen molar-refractivity contribution < 1.29 is 9.59 Å². The number of amides is 1. The van der Waals surface area contributed by atoms with Gasteiger partial charge in [-0.2, -0.15) is 0 Å². The molecule has 0 spiro atoms. The molecular formula is C18H27NO2. The third-order valence-corrected chi connectivity index (χ3v) is 4.87. The second kappa shape index (κ2) is 6.59. The Kier molecular flexibility index (Phi) is 5.02. The fourth-order valence-corrected chi connectivity index (χ4v) is 2.99. The number of nitrogens with zero attached hydrogens (tertiary/aromatic N) is 1. The number of ketones is 1. The van der Waals surface area contributed by atoms with E-state index < -0.39 is 5.41 Å². The van der Waals surface area contributed by atoms with Crippen molar-refractivity contribution in [1.29, 1.82) is 0 Å². The van der Waals surface area contributed by atoms with Crippen LogP contribution in [0.1, 0.15) is 59.3 Å². The van der Waals surface area contributed by atoms with E-state index in [9.17, 15) is 9.59 Å². The van der Waals surface area contributed by atoms with Crippen molar-refractivity contribution in [3.05, 3.63) is 23.8 Å². The van der Waals surface area contributed by atoms with E-state index in [2.05, 4.69) is 18.2 Å². The van der Waals surface area contributed by atoms with Gasteiger partial charge in [-0.05, 0) is 38.5 Å². The van der Waals surface area contributed by atoms with Crippen LogP contribution in [0.25, 0.3) is 0 Å². The zero-order valence-corrected chi connectivity index (χ0v) is 13.5. The van der Waals surface area contributed by atoms with Crippen LogP contribution in [0.3, 0.4) is 0 Å². The highest BCUT2D eigenvalue weighted by atomic mass is 16.2. The largest absolute Gasteiger partial charge is 0.333 e. The summed E-state index contributed by atoms with van der Waals surface area (Å²) in [6, 6.07) is 0.197. The van der Waals surface area contributed by atoms with Crippen LogP contribution in [-0.4, -0.2) is 29.2 Å². The second-order valence-corrected chi connectivity index (χ2v) is 6.82. The van der Waals surface area contributed by atoms with Gasteiger partial charge >= 0.3 is 0 Å². The van der Waals surface area contributed by atoms with Crippen LogP contribution < -0.4 is 0 Å². The zero-order chi connectivity index (χ0) is 15.5. The summed E-state index contributed by atoms with van der Waals surface area (Å²) in [5.74, 6) is -0.505. The van der Waals surface area contributed by atoms with Crippen LogP contribution in [0.2, 0.25) is 0 Å². The normalized spacial score (nSPS) is 22.3. The molecule has 3 heteroatoms. The van der Waals surface area contributed by atoms with Gasteiger partial charge in [0, 0.05) is 18.0 Å². The zero-order valence-electron chi connectivity index (χ0n) is 13.5. The molecule has 0 radical (unpaired) electrons. The predicted molar refractivity (Wildman–Crippen MR) is 84.9 cm³/mol. The average Bonchev–Trinajstić information content (AvgIpc) is 2.94. The van der Waals surface area contributed by atoms with Crippen LogP contribution in [0.5, 0.6) is 0 Å². The molecule has 1 aliphatic carbocycles. The Morgan fingerprint density at radius 2 is 2.10 bits per heavy atom. The molecule has 1 heterocycles. The van der Waals surface area contributed by atoms with Gasteiger partial charge in [0.1, 0.15) is 0 Å². The van der Waals surface area contributed by atoms with Crippen molar-refractivity contribution in [2.45, 2.75) is 65.3 Å². The van der Waals surface area contributed by atoms with E-state index in [1.165, 1.54) is 5.57 Å². The Morgan fingerprint density at radius 1 is 1.33 bits per heavy atom. The lowest BCUT2D eigenvalue weighted by molar-refractivity contribution is -0.149.